The van der Waals surface area contributed by atoms with Gasteiger partial charge in [-0.1, -0.05) is 31.5 Å². The molecule has 0 bridgehead atoms. The summed E-state index contributed by atoms with van der Waals surface area (Å²) in [4.78, 5) is 37.8. The minimum absolute atomic E-state index is 0.0708. The molecule has 0 saturated carbocycles. The van der Waals surface area contributed by atoms with E-state index in [2.05, 4.69) is 6.92 Å². The summed E-state index contributed by atoms with van der Waals surface area (Å²) >= 11 is 0. The summed E-state index contributed by atoms with van der Waals surface area (Å²) in [5, 5.41) is 0. The molecule has 0 N–H and O–H groups in total. The SMILES string of the molecule is CCCc1c(OCCCOc2ccccc2)ccc2c1OC(CCC(=O)OCC)(CCC(=O)OCC)CC2=O. The van der Waals surface area contributed by atoms with Crippen molar-refractivity contribution in [2.45, 2.75) is 77.7 Å². The highest BCUT2D eigenvalue weighted by Crippen LogP contribution is 2.44. The first-order valence-corrected chi connectivity index (χ1v) is 13.9. The second kappa shape index (κ2) is 15.1. The van der Waals surface area contributed by atoms with Gasteiger partial charge in [0.1, 0.15) is 22.8 Å². The summed E-state index contributed by atoms with van der Waals surface area (Å²) < 4.78 is 28.7. The Labute approximate surface area is 230 Å². The number of Topliss-reactive ketones (excluding diaryl/α,β-unsaturated/α-hetero) is 1. The molecule has 8 heteroatoms. The largest absolute Gasteiger partial charge is 0.493 e. The minimum atomic E-state index is -1.02. The maximum Gasteiger partial charge on any atom is 0.305 e. The lowest BCUT2D eigenvalue weighted by Crippen LogP contribution is -2.43. The molecule has 8 nitrogen and oxygen atoms in total. The van der Waals surface area contributed by atoms with Gasteiger partial charge in [-0.25, -0.2) is 0 Å². The molecular formula is C31H40O8. The van der Waals surface area contributed by atoms with Crippen molar-refractivity contribution in [1.82, 2.24) is 0 Å². The van der Waals surface area contributed by atoms with E-state index in [4.69, 9.17) is 23.7 Å². The number of ketones is 1. The smallest absolute Gasteiger partial charge is 0.305 e. The third-order valence-corrected chi connectivity index (χ3v) is 6.56. The molecule has 1 heterocycles. The predicted molar refractivity (Wildman–Crippen MR) is 147 cm³/mol. The van der Waals surface area contributed by atoms with Gasteiger partial charge in [-0.3, -0.25) is 14.4 Å². The van der Waals surface area contributed by atoms with E-state index in [-0.39, 0.29) is 63.0 Å². The van der Waals surface area contributed by atoms with Crippen LogP contribution >= 0.6 is 0 Å². The van der Waals surface area contributed by atoms with E-state index in [1.807, 2.05) is 36.4 Å². The average molecular weight is 541 g/mol. The number of hydrogen-bond donors (Lipinski definition) is 0. The minimum Gasteiger partial charge on any atom is -0.493 e. The van der Waals surface area contributed by atoms with Crippen LogP contribution in [0.4, 0.5) is 0 Å². The van der Waals surface area contributed by atoms with E-state index in [0.717, 1.165) is 17.7 Å². The quantitative estimate of drug-likeness (QED) is 0.192. The van der Waals surface area contributed by atoms with Crippen LogP contribution in [0.15, 0.2) is 42.5 Å². The first-order valence-electron chi connectivity index (χ1n) is 13.9. The van der Waals surface area contributed by atoms with Gasteiger partial charge >= 0.3 is 11.9 Å². The zero-order valence-electron chi connectivity index (χ0n) is 23.3. The van der Waals surface area contributed by atoms with Gasteiger partial charge in [-0.2, -0.15) is 0 Å². The van der Waals surface area contributed by atoms with Crippen molar-refractivity contribution in [2.24, 2.45) is 0 Å². The number of rotatable bonds is 16. The van der Waals surface area contributed by atoms with Crippen LogP contribution in [-0.2, 0) is 25.5 Å². The molecule has 0 spiro atoms. The molecule has 212 valence electrons. The van der Waals surface area contributed by atoms with Gasteiger partial charge in [0, 0.05) is 24.8 Å². The van der Waals surface area contributed by atoms with E-state index in [0.29, 0.717) is 43.1 Å². The van der Waals surface area contributed by atoms with Gasteiger partial charge in [0.05, 0.1) is 38.4 Å². The number of esters is 2. The molecule has 0 aromatic heterocycles. The molecule has 0 saturated heterocycles. The fourth-order valence-corrected chi connectivity index (χ4v) is 4.69. The van der Waals surface area contributed by atoms with Crippen molar-refractivity contribution in [3.63, 3.8) is 0 Å². The standard InChI is InChI=1S/C31H40O8/c1-4-11-25-27(38-21-10-20-37-23-12-8-7-9-13-23)15-14-24-26(32)22-31(39-30(24)25,18-16-28(33)35-5-2)19-17-29(34)36-6-3/h7-9,12-15H,4-6,10-11,16-22H2,1-3H3. The van der Waals surface area contributed by atoms with Crippen LogP contribution in [0.3, 0.4) is 0 Å². The summed E-state index contributed by atoms with van der Waals surface area (Å²) in [6.45, 7) is 7.04. The Morgan fingerprint density at radius 1 is 0.872 bits per heavy atom. The van der Waals surface area contributed by atoms with E-state index in [1.54, 1.807) is 19.9 Å². The number of benzene rings is 2. The summed E-state index contributed by atoms with van der Waals surface area (Å²) in [7, 11) is 0. The van der Waals surface area contributed by atoms with Crippen LogP contribution in [0.2, 0.25) is 0 Å². The molecule has 2 aromatic rings. The predicted octanol–water partition coefficient (Wildman–Crippen LogP) is 5.88. The van der Waals surface area contributed by atoms with Gasteiger partial charge in [-0.15, -0.1) is 0 Å². The van der Waals surface area contributed by atoms with Crippen molar-refractivity contribution >= 4 is 17.7 Å². The highest BCUT2D eigenvalue weighted by Gasteiger charge is 2.42. The van der Waals surface area contributed by atoms with Gasteiger partial charge in [0.25, 0.3) is 0 Å². The molecule has 0 fully saturated rings. The number of carbonyl (C=O) groups excluding carboxylic acids is 3. The number of para-hydroxylation sites is 1. The lowest BCUT2D eigenvalue weighted by Gasteiger charge is -2.39. The number of hydrogen-bond acceptors (Lipinski definition) is 8. The maximum absolute atomic E-state index is 13.4. The van der Waals surface area contributed by atoms with E-state index < -0.39 is 5.60 Å². The summed E-state index contributed by atoms with van der Waals surface area (Å²) in [5.41, 5.74) is 0.304. The lowest BCUT2D eigenvalue weighted by molar-refractivity contribution is -0.145. The highest BCUT2D eigenvalue weighted by atomic mass is 16.5. The van der Waals surface area contributed by atoms with Crippen molar-refractivity contribution in [3.8, 4) is 17.2 Å². The molecule has 0 amide bonds. The third-order valence-electron chi connectivity index (χ3n) is 6.56. The number of ether oxygens (including phenoxy) is 5. The van der Waals surface area contributed by atoms with Crippen LogP contribution in [0, 0.1) is 0 Å². The van der Waals surface area contributed by atoms with E-state index >= 15 is 0 Å². The Balaban J connectivity index is 1.78. The Morgan fingerprint density at radius 2 is 1.51 bits per heavy atom. The molecular weight excluding hydrogens is 500 g/mol. The molecule has 1 aliphatic heterocycles. The van der Waals surface area contributed by atoms with E-state index in [9.17, 15) is 14.4 Å². The number of fused-ring (bicyclic) bond motifs is 1. The van der Waals surface area contributed by atoms with Crippen molar-refractivity contribution in [1.29, 1.82) is 0 Å². The molecule has 0 unspecified atom stereocenters. The van der Waals surface area contributed by atoms with Gasteiger partial charge < -0.3 is 23.7 Å². The van der Waals surface area contributed by atoms with Gasteiger partial charge in [0.2, 0.25) is 0 Å². The first-order chi connectivity index (χ1) is 18.9. The molecule has 1 aliphatic rings. The van der Waals surface area contributed by atoms with Crippen LogP contribution in [-0.4, -0.2) is 49.8 Å². The normalized spacial score (nSPS) is 13.7. The summed E-state index contributed by atoms with van der Waals surface area (Å²) in [6, 6.07) is 13.2. The lowest BCUT2D eigenvalue weighted by atomic mass is 9.82. The first kappa shape index (κ1) is 30.0. The Kier molecular flexibility index (Phi) is 11.6. The van der Waals surface area contributed by atoms with Crippen LogP contribution < -0.4 is 14.2 Å². The fraction of sp³-hybridized carbons (Fsp3) is 0.516. The fourth-order valence-electron chi connectivity index (χ4n) is 4.69. The Bertz CT molecular complexity index is 1070. The zero-order chi connectivity index (χ0) is 28.1. The summed E-state index contributed by atoms with van der Waals surface area (Å²) in [6.07, 6.45) is 2.90. The second-order valence-electron chi connectivity index (χ2n) is 9.53. The Hall–Kier alpha value is -3.55. The van der Waals surface area contributed by atoms with Crippen molar-refractivity contribution in [2.75, 3.05) is 26.4 Å². The molecule has 0 radical (unpaired) electrons. The van der Waals surface area contributed by atoms with Crippen LogP contribution in [0.5, 0.6) is 17.2 Å². The summed E-state index contributed by atoms with van der Waals surface area (Å²) in [5.74, 6) is 1.15. The third kappa shape index (κ3) is 8.73. The highest BCUT2D eigenvalue weighted by molar-refractivity contribution is 6.01. The van der Waals surface area contributed by atoms with Crippen molar-refractivity contribution < 1.29 is 38.1 Å². The molecule has 0 aliphatic carbocycles. The Morgan fingerprint density at radius 3 is 2.13 bits per heavy atom. The van der Waals surface area contributed by atoms with Gasteiger partial charge in [0.15, 0.2) is 5.78 Å². The maximum atomic E-state index is 13.4. The monoisotopic (exact) mass is 540 g/mol. The average Bonchev–Trinajstić information content (AvgIpc) is 2.93. The zero-order valence-corrected chi connectivity index (χ0v) is 23.3. The molecule has 39 heavy (non-hydrogen) atoms. The topological polar surface area (TPSA) is 97.4 Å². The van der Waals surface area contributed by atoms with Gasteiger partial charge in [-0.05, 0) is 57.4 Å². The molecule has 0 atom stereocenters. The number of carbonyl (C=O) groups is 3. The van der Waals surface area contributed by atoms with E-state index in [1.165, 1.54) is 0 Å². The molecule has 2 aromatic carbocycles. The second-order valence-corrected chi connectivity index (χ2v) is 9.53. The van der Waals surface area contributed by atoms with Crippen LogP contribution in [0.25, 0.3) is 0 Å². The van der Waals surface area contributed by atoms with Crippen molar-refractivity contribution in [3.05, 3.63) is 53.6 Å². The molecule has 3 rings (SSSR count). The van der Waals surface area contributed by atoms with Crippen LogP contribution in [0.1, 0.15) is 81.6 Å².